The number of amides is 2. The summed E-state index contributed by atoms with van der Waals surface area (Å²) in [5, 5.41) is 5.32. The number of furan rings is 1. The van der Waals surface area contributed by atoms with Crippen LogP contribution in [0.5, 0.6) is 5.75 Å². The van der Waals surface area contributed by atoms with Crippen molar-refractivity contribution in [1.82, 2.24) is 0 Å². The van der Waals surface area contributed by atoms with Crippen molar-refractivity contribution in [2.45, 2.75) is 12.8 Å². The predicted molar refractivity (Wildman–Crippen MR) is 115 cm³/mol. The van der Waals surface area contributed by atoms with Crippen molar-refractivity contribution >= 4 is 28.9 Å². The number of carbonyl (C=O) groups excluding carboxylic acids is 2. The number of para-hydroxylation sites is 1. The highest BCUT2D eigenvalue weighted by atomic mass is 19.1. The third-order valence-electron chi connectivity index (χ3n) is 4.91. The fraction of sp³-hybridized carbons (Fsp3) is 0.217. The van der Waals surface area contributed by atoms with Crippen LogP contribution < -0.4 is 20.3 Å². The van der Waals surface area contributed by atoms with Crippen molar-refractivity contribution < 1.29 is 23.1 Å². The molecule has 7 nitrogen and oxygen atoms in total. The van der Waals surface area contributed by atoms with Crippen LogP contribution in [0.15, 0.2) is 65.3 Å². The molecule has 2 amide bonds. The Bertz CT molecular complexity index is 1060. The molecule has 0 atom stereocenters. The Morgan fingerprint density at radius 3 is 2.61 bits per heavy atom. The van der Waals surface area contributed by atoms with E-state index >= 15 is 0 Å². The number of carbonyl (C=O) groups is 2. The molecule has 3 aromatic rings. The smallest absolute Gasteiger partial charge is 0.291 e. The van der Waals surface area contributed by atoms with Crippen LogP contribution in [-0.4, -0.2) is 31.5 Å². The number of anilines is 3. The van der Waals surface area contributed by atoms with Gasteiger partial charge in [0.2, 0.25) is 0 Å². The molecule has 1 aliphatic rings. The molecule has 0 radical (unpaired) electrons. The van der Waals surface area contributed by atoms with E-state index in [1.165, 1.54) is 12.3 Å². The molecule has 8 heteroatoms. The van der Waals surface area contributed by atoms with Gasteiger partial charge in [-0.05, 0) is 49.2 Å². The lowest BCUT2D eigenvalue weighted by Crippen LogP contribution is -2.24. The normalized spacial score (nSPS) is 13.1. The molecule has 0 spiro atoms. The van der Waals surface area contributed by atoms with Gasteiger partial charge in [-0.1, -0.05) is 12.1 Å². The standard InChI is InChI=1S/C23H22FN3O4/c24-18-8-4-9-19(27-11-1-2-12-27)22(18)26-21(28)15-31-17-7-3-6-16(14-17)25-23(29)20-10-5-13-30-20/h3-10,13-14H,1-2,11-12,15H2,(H,25,29)(H,26,28). The maximum atomic E-state index is 14.4. The Hall–Kier alpha value is -3.81. The van der Waals surface area contributed by atoms with Gasteiger partial charge in [-0.15, -0.1) is 0 Å². The van der Waals surface area contributed by atoms with E-state index < -0.39 is 17.6 Å². The van der Waals surface area contributed by atoms with E-state index in [1.807, 2.05) is 0 Å². The van der Waals surface area contributed by atoms with Crippen molar-refractivity contribution in [3.8, 4) is 5.75 Å². The minimum absolute atomic E-state index is 0.164. The maximum absolute atomic E-state index is 14.4. The Balaban J connectivity index is 1.37. The maximum Gasteiger partial charge on any atom is 0.291 e. The van der Waals surface area contributed by atoms with Crippen LogP contribution in [0.3, 0.4) is 0 Å². The second kappa shape index (κ2) is 9.34. The van der Waals surface area contributed by atoms with Crippen molar-refractivity contribution in [3.63, 3.8) is 0 Å². The first kappa shape index (κ1) is 20.5. The molecular weight excluding hydrogens is 401 g/mol. The zero-order valence-electron chi connectivity index (χ0n) is 16.8. The predicted octanol–water partition coefficient (Wildman–Crippen LogP) is 4.29. The Morgan fingerprint density at radius 1 is 1.03 bits per heavy atom. The number of rotatable bonds is 7. The summed E-state index contributed by atoms with van der Waals surface area (Å²) in [6.45, 7) is 1.36. The summed E-state index contributed by atoms with van der Waals surface area (Å²) in [5.41, 5.74) is 1.33. The van der Waals surface area contributed by atoms with Crippen LogP contribution in [0, 0.1) is 5.82 Å². The second-order valence-electron chi connectivity index (χ2n) is 7.12. The van der Waals surface area contributed by atoms with Crippen LogP contribution >= 0.6 is 0 Å². The first-order valence-corrected chi connectivity index (χ1v) is 10.0. The molecule has 2 N–H and O–H groups in total. The number of halogens is 1. The van der Waals surface area contributed by atoms with Gasteiger partial charge in [-0.25, -0.2) is 4.39 Å². The van der Waals surface area contributed by atoms with Gasteiger partial charge < -0.3 is 24.7 Å². The van der Waals surface area contributed by atoms with E-state index in [1.54, 1.807) is 48.5 Å². The molecule has 160 valence electrons. The minimum atomic E-state index is -0.486. The summed E-state index contributed by atoms with van der Waals surface area (Å²) in [7, 11) is 0. The summed E-state index contributed by atoms with van der Waals surface area (Å²) in [4.78, 5) is 26.6. The summed E-state index contributed by atoms with van der Waals surface area (Å²) >= 11 is 0. The van der Waals surface area contributed by atoms with Gasteiger partial charge in [0.05, 0.1) is 12.0 Å². The number of nitrogens with one attached hydrogen (secondary N) is 2. The molecule has 1 fully saturated rings. The van der Waals surface area contributed by atoms with Crippen molar-refractivity contribution in [2.24, 2.45) is 0 Å². The van der Waals surface area contributed by atoms with Gasteiger partial charge in [0.1, 0.15) is 17.3 Å². The molecule has 1 aromatic heterocycles. The third-order valence-corrected chi connectivity index (χ3v) is 4.91. The molecule has 31 heavy (non-hydrogen) atoms. The molecule has 0 bridgehead atoms. The monoisotopic (exact) mass is 423 g/mol. The zero-order chi connectivity index (χ0) is 21.6. The molecular formula is C23H22FN3O4. The molecule has 0 unspecified atom stereocenters. The van der Waals surface area contributed by atoms with Gasteiger partial charge in [0, 0.05) is 24.8 Å². The van der Waals surface area contributed by atoms with Crippen LogP contribution in [0.25, 0.3) is 0 Å². The highest BCUT2D eigenvalue weighted by Crippen LogP contribution is 2.31. The molecule has 2 heterocycles. The van der Waals surface area contributed by atoms with Crippen molar-refractivity contribution in [1.29, 1.82) is 0 Å². The van der Waals surface area contributed by atoms with Crippen LogP contribution in [-0.2, 0) is 4.79 Å². The summed E-state index contributed by atoms with van der Waals surface area (Å²) in [6.07, 6.45) is 3.50. The van der Waals surface area contributed by atoms with E-state index in [2.05, 4.69) is 15.5 Å². The average Bonchev–Trinajstić information content (AvgIpc) is 3.48. The fourth-order valence-corrected chi connectivity index (χ4v) is 3.45. The topological polar surface area (TPSA) is 83.8 Å². The van der Waals surface area contributed by atoms with Crippen LogP contribution in [0.2, 0.25) is 0 Å². The minimum Gasteiger partial charge on any atom is -0.484 e. The summed E-state index contributed by atoms with van der Waals surface area (Å²) in [6, 6.07) is 14.6. The molecule has 0 saturated carbocycles. The van der Waals surface area contributed by atoms with E-state index in [4.69, 9.17) is 9.15 Å². The number of nitrogens with zero attached hydrogens (tertiary/aromatic N) is 1. The van der Waals surface area contributed by atoms with Gasteiger partial charge in [0.25, 0.3) is 11.8 Å². The van der Waals surface area contributed by atoms with E-state index in [9.17, 15) is 14.0 Å². The first-order chi connectivity index (χ1) is 15.1. The van der Waals surface area contributed by atoms with E-state index in [0.717, 1.165) is 25.9 Å². The number of ether oxygens (including phenoxy) is 1. The summed E-state index contributed by atoms with van der Waals surface area (Å²) < 4.78 is 25.0. The Kier molecular flexibility index (Phi) is 6.16. The van der Waals surface area contributed by atoms with E-state index in [-0.39, 0.29) is 18.1 Å². The summed E-state index contributed by atoms with van der Waals surface area (Å²) in [5.74, 6) is -0.782. The molecule has 4 rings (SSSR count). The van der Waals surface area contributed by atoms with Gasteiger partial charge in [0.15, 0.2) is 12.4 Å². The molecule has 1 saturated heterocycles. The lowest BCUT2D eigenvalue weighted by molar-refractivity contribution is -0.118. The second-order valence-corrected chi connectivity index (χ2v) is 7.12. The number of hydrogen-bond acceptors (Lipinski definition) is 5. The van der Waals surface area contributed by atoms with E-state index in [0.29, 0.717) is 17.1 Å². The molecule has 2 aromatic carbocycles. The molecule has 0 aliphatic carbocycles. The SMILES string of the molecule is O=C(COc1cccc(NC(=O)c2ccco2)c1)Nc1c(F)cccc1N1CCCC1. The number of hydrogen-bond donors (Lipinski definition) is 2. The number of benzene rings is 2. The largest absolute Gasteiger partial charge is 0.484 e. The fourth-order valence-electron chi connectivity index (χ4n) is 3.45. The quantitative estimate of drug-likeness (QED) is 0.592. The lowest BCUT2D eigenvalue weighted by atomic mass is 10.2. The highest BCUT2D eigenvalue weighted by molar-refractivity contribution is 6.02. The Morgan fingerprint density at radius 2 is 1.84 bits per heavy atom. The first-order valence-electron chi connectivity index (χ1n) is 10.0. The van der Waals surface area contributed by atoms with Crippen LogP contribution in [0.1, 0.15) is 23.4 Å². The van der Waals surface area contributed by atoms with Gasteiger partial charge in [-0.2, -0.15) is 0 Å². The third kappa shape index (κ3) is 5.03. The van der Waals surface area contributed by atoms with Gasteiger partial charge in [-0.3, -0.25) is 9.59 Å². The van der Waals surface area contributed by atoms with Crippen molar-refractivity contribution in [3.05, 3.63) is 72.4 Å². The highest BCUT2D eigenvalue weighted by Gasteiger charge is 2.20. The average molecular weight is 423 g/mol. The van der Waals surface area contributed by atoms with Gasteiger partial charge >= 0.3 is 0 Å². The molecule has 1 aliphatic heterocycles. The lowest BCUT2D eigenvalue weighted by Gasteiger charge is -2.22. The van der Waals surface area contributed by atoms with Crippen molar-refractivity contribution in [2.75, 3.05) is 35.2 Å². The van der Waals surface area contributed by atoms with Crippen LogP contribution in [0.4, 0.5) is 21.5 Å². The zero-order valence-corrected chi connectivity index (χ0v) is 16.8. The Labute approximate surface area is 178 Å².